The maximum absolute atomic E-state index is 12.8. The Morgan fingerprint density at radius 1 is 1.18 bits per heavy atom. The van der Waals surface area contributed by atoms with Crippen LogP contribution in [0, 0.1) is 0 Å². The molecule has 178 valence electrons. The van der Waals surface area contributed by atoms with E-state index in [4.69, 9.17) is 16.1 Å². The highest BCUT2D eigenvalue weighted by Gasteiger charge is 2.30. The predicted octanol–water partition coefficient (Wildman–Crippen LogP) is 5.60. The fourth-order valence-electron chi connectivity index (χ4n) is 3.66. The van der Waals surface area contributed by atoms with Crippen molar-refractivity contribution in [3.63, 3.8) is 0 Å². The quantitative estimate of drug-likeness (QED) is 0.466. The molecule has 0 fully saturated rings. The molecule has 0 unspecified atom stereocenters. The van der Waals surface area contributed by atoms with Crippen molar-refractivity contribution in [3.05, 3.63) is 82.5 Å². The molecule has 4 rings (SSSR count). The first-order chi connectivity index (χ1) is 16.3. The maximum atomic E-state index is 12.8. The van der Waals surface area contributed by atoms with Crippen LogP contribution in [0.5, 0.6) is 0 Å². The number of nitrogens with one attached hydrogen (secondary N) is 1. The molecule has 0 atom stereocenters. The minimum atomic E-state index is -4.47. The summed E-state index contributed by atoms with van der Waals surface area (Å²) in [6, 6.07) is 12.3. The van der Waals surface area contributed by atoms with Crippen molar-refractivity contribution in [1.29, 1.82) is 0 Å². The van der Waals surface area contributed by atoms with Gasteiger partial charge in [-0.05, 0) is 47.9 Å². The van der Waals surface area contributed by atoms with Crippen LogP contribution in [0.1, 0.15) is 35.7 Å². The fraction of sp³-hybridized carbons (Fsp3) is 0.292. The summed E-state index contributed by atoms with van der Waals surface area (Å²) in [4.78, 5) is 18.8. The zero-order chi connectivity index (χ0) is 24.1. The number of hydrogen-bond acceptors (Lipinski definition) is 5. The van der Waals surface area contributed by atoms with Crippen molar-refractivity contribution < 1.29 is 22.5 Å². The zero-order valence-electron chi connectivity index (χ0n) is 18.1. The molecule has 0 radical (unpaired) electrons. The van der Waals surface area contributed by atoms with Gasteiger partial charge in [0.2, 0.25) is 11.8 Å². The van der Waals surface area contributed by atoms with E-state index in [2.05, 4.69) is 26.4 Å². The normalized spacial score (nSPS) is 14.6. The Balaban J connectivity index is 1.27. The number of amides is 1. The number of hydrogen-bond donors (Lipinski definition) is 1. The Hall–Kier alpha value is -3.17. The average Bonchev–Trinajstić information content (AvgIpc) is 3.27. The second kappa shape index (κ2) is 10.4. The molecule has 0 saturated carbocycles. The van der Waals surface area contributed by atoms with E-state index in [1.165, 1.54) is 12.1 Å². The van der Waals surface area contributed by atoms with E-state index in [-0.39, 0.29) is 18.5 Å². The number of carbonyl (C=O) groups is 1. The molecule has 1 N–H and O–H groups in total. The summed E-state index contributed by atoms with van der Waals surface area (Å²) in [5.74, 6) is 0.361. The number of aromatic nitrogens is 2. The number of nitrogens with zero attached hydrogens (tertiary/aromatic N) is 3. The van der Waals surface area contributed by atoms with Crippen LogP contribution in [0.25, 0.3) is 5.57 Å². The van der Waals surface area contributed by atoms with Gasteiger partial charge in [0.15, 0.2) is 5.82 Å². The van der Waals surface area contributed by atoms with E-state index in [1.54, 1.807) is 0 Å². The third-order valence-electron chi connectivity index (χ3n) is 5.38. The fourth-order valence-corrected chi connectivity index (χ4v) is 3.87. The van der Waals surface area contributed by atoms with Gasteiger partial charge in [0.1, 0.15) is 0 Å². The summed E-state index contributed by atoms with van der Waals surface area (Å²) < 4.78 is 43.7. The number of halogens is 4. The number of aryl methyl sites for hydroxylation is 1. The Kier molecular flexibility index (Phi) is 7.33. The third kappa shape index (κ3) is 6.45. The second-order valence-electron chi connectivity index (χ2n) is 7.98. The first kappa shape index (κ1) is 24.0. The zero-order valence-corrected chi connectivity index (χ0v) is 18.9. The van der Waals surface area contributed by atoms with Crippen LogP contribution >= 0.6 is 11.6 Å². The topological polar surface area (TPSA) is 71.3 Å². The highest BCUT2D eigenvalue weighted by molar-refractivity contribution is 6.30. The number of carbonyl (C=O) groups excluding carboxylic acids is 1. The number of rotatable bonds is 7. The monoisotopic (exact) mass is 490 g/mol. The van der Waals surface area contributed by atoms with Crippen LogP contribution in [-0.2, 0) is 23.9 Å². The molecule has 2 heterocycles. The minimum absolute atomic E-state index is 0.00431. The lowest BCUT2D eigenvalue weighted by Gasteiger charge is -2.25. The lowest BCUT2D eigenvalue weighted by atomic mass is 10.1. The lowest BCUT2D eigenvalue weighted by molar-refractivity contribution is -0.137. The molecule has 0 saturated heterocycles. The largest absolute Gasteiger partial charge is 0.416 e. The Labute approximate surface area is 199 Å². The minimum Gasteiger partial charge on any atom is -0.339 e. The molecular weight excluding hydrogens is 469 g/mol. The van der Waals surface area contributed by atoms with Gasteiger partial charge in [-0.15, -0.1) is 0 Å². The van der Waals surface area contributed by atoms with Crippen LogP contribution in [0.4, 0.5) is 18.9 Å². The van der Waals surface area contributed by atoms with E-state index >= 15 is 0 Å². The molecule has 0 spiro atoms. The maximum Gasteiger partial charge on any atom is 0.416 e. The highest BCUT2D eigenvalue weighted by atomic mass is 35.5. The van der Waals surface area contributed by atoms with Crippen molar-refractivity contribution in [2.24, 2.45) is 0 Å². The van der Waals surface area contributed by atoms with Crippen molar-refractivity contribution >= 4 is 28.8 Å². The highest BCUT2D eigenvalue weighted by Crippen LogP contribution is 2.30. The molecule has 1 amide bonds. The van der Waals surface area contributed by atoms with Crippen LogP contribution in [-0.4, -0.2) is 34.0 Å². The number of alkyl halides is 3. The molecule has 0 bridgehead atoms. The van der Waals surface area contributed by atoms with E-state index in [1.807, 2.05) is 24.3 Å². The van der Waals surface area contributed by atoms with Crippen LogP contribution in [0.2, 0.25) is 5.02 Å². The third-order valence-corrected chi connectivity index (χ3v) is 5.62. The first-order valence-corrected chi connectivity index (χ1v) is 11.1. The molecular formula is C24H22ClF3N4O2. The van der Waals surface area contributed by atoms with E-state index in [0.29, 0.717) is 16.7 Å². The van der Waals surface area contributed by atoms with E-state index in [0.717, 1.165) is 49.3 Å². The summed E-state index contributed by atoms with van der Waals surface area (Å²) in [7, 11) is 0. The Morgan fingerprint density at radius 2 is 2.00 bits per heavy atom. The van der Waals surface area contributed by atoms with E-state index in [9.17, 15) is 18.0 Å². The van der Waals surface area contributed by atoms with Gasteiger partial charge in [0.05, 0.1) is 5.56 Å². The molecule has 34 heavy (non-hydrogen) atoms. The molecule has 6 nitrogen and oxygen atoms in total. The van der Waals surface area contributed by atoms with Crippen molar-refractivity contribution in [1.82, 2.24) is 15.0 Å². The SMILES string of the molecule is O=C(CCc1nc(C2=CCN(Cc3cccc(Cl)c3)CC2)no1)Nc1cccc(C(F)(F)F)c1. The summed E-state index contributed by atoms with van der Waals surface area (Å²) in [5.41, 5.74) is 1.39. The molecule has 1 aliphatic rings. The standard InChI is InChI=1S/C24H22ClF3N4O2/c25-19-5-1-3-16(13-19)15-32-11-9-17(10-12-32)23-30-22(34-31-23)8-7-21(33)29-20-6-2-4-18(14-20)24(26,27)28/h1-6,9,13-14H,7-8,10-12,15H2,(H,29,33). The lowest BCUT2D eigenvalue weighted by Crippen LogP contribution is -2.28. The molecule has 1 aliphatic heterocycles. The molecule has 1 aromatic heterocycles. The second-order valence-corrected chi connectivity index (χ2v) is 8.42. The summed E-state index contributed by atoms with van der Waals surface area (Å²) in [6.45, 7) is 2.37. The number of benzene rings is 2. The van der Waals surface area contributed by atoms with Gasteiger partial charge in [-0.25, -0.2) is 0 Å². The van der Waals surface area contributed by atoms with Gasteiger partial charge in [-0.1, -0.05) is 41.0 Å². The molecule has 3 aromatic rings. The van der Waals surface area contributed by atoms with Gasteiger partial charge in [-0.2, -0.15) is 18.2 Å². The van der Waals surface area contributed by atoms with Crippen molar-refractivity contribution in [3.8, 4) is 0 Å². The summed E-state index contributed by atoms with van der Waals surface area (Å²) in [6.07, 6.45) is -1.46. The van der Waals surface area contributed by atoms with Gasteiger partial charge in [-0.3, -0.25) is 9.69 Å². The van der Waals surface area contributed by atoms with Gasteiger partial charge in [0, 0.05) is 43.2 Å². The first-order valence-electron chi connectivity index (χ1n) is 10.7. The summed E-state index contributed by atoms with van der Waals surface area (Å²) >= 11 is 6.05. The van der Waals surface area contributed by atoms with Crippen LogP contribution < -0.4 is 5.32 Å². The van der Waals surface area contributed by atoms with Gasteiger partial charge < -0.3 is 9.84 Å². The number of anilines is 1. The van der Waals surface area contributed by atoms with Gasteiger partial charge >= 0.3 is 6.18 Å². The average molecular weight is 491 g/mol. The Morgan fingerprint density at radius 3 is 2.74 bits per heavy atom. The van der Waals surface area contributed by atoms with Crippen molar-refractivity contribution in [2.75, 3.05) is 18.4 Å². The Bertz CT molecular complexity index is 1190. The molecule has 0 aliphatic carbocycles. The van der Waals surface area contributed by atoms with Crippen molar-refractivity contribution in [2.45, 2.75) is 32.0 Å². The predicted molar refractivity (Wildman–Crippen MR) is 122 cm³/mol. The van der Waals surface area contributed by atoms with Gasteiger partial charge in [0.25, 0.3) is 0 Å². The molecule has 10 heteroatoms. The van der Waals surface area contributed by atoms with Crippen LogP contribution in [0.3, 0.4) is 0 Å². The van der Waals surface area contributed by atoms with E-state index < -0.39 is 17.6 Å². The smallest absolute Gasteiger partial charge is 0.339 e. The molecule has 2 aromatic carbocycles. The summed E-state index contributed by atoms with van der Waals surface area (Å²) in [5, 5.41) is 7.20. The van der Waals surface area contributed by atoms with Crippen LogP contribution in [0.15, 0.2) is 59.1 Å².